The monoisotopic (exact) mass is 473 g/mol. The van der Waals surface area contributed by atoms with Gasteiger partial charge in [0.2, 0.25) is 0 Å². The zero-order valence-electron chi connectivity index (χ0n) is 21.3. The van der Waals surface area contributed by atoms with Crippen molar-refractivity contribution in [3.8, 4) is 16.9 Å². The van der Waals surface area contributed by atoms with E-state index in [4.69, 9.17) is 4.74 Å². The van der Waals surface area contributed by atoms with Gasteiger partial charge in [0.1, 0.15) is 5.75 Å². The molecule has 2 bridgehead atoms. The van der Waals surface area contributed by atoms with Crippen LogP contribution in [0.4, 0.5) is 5.69 Å². The third kappa shape index (κ3) is 4.78. The summed E-state index contributed by atoms with van der Waals surface area (Å²) in [6.07, 6.45) is 4.48. The molecular formula is C28H35N5O2. The van der Waals surface area contributed by atoms with Gasteiger partial charge < -0.3 is 20.3 Å². The molecule has 2 fully saturated rings. The minimum Gasteiger partial charge on any atom is -0.497 e. The average Bonchev–Trinajstić information content (AvgIpc) is 3.37. The number of anilines is 1. The molecule has 7 nitrogen and oxygen atoms in total. The number of piperazine rings is 1. The van der Waals surface area contributed by atoms with Crippen LogP contribution in [0.3, 0.4) is 0 Å². The number of hydrogen-bond donors (Lipinski definition) is 2. The molecule has 184 valence electrons. The van der Waals surface area contributed by atoms with Gasteiger partial charge >= 0.3 is 0 Å². The van der Waals surface area contributed by atoms with E-state index in [1.165, 1.54) is 12.8 Å². The minimum atomic E-state index is -0.189. The molecular weight excluding hydrogens is 438 g/mol. The summed E-state index contributed by atoms with van der Waals surface area (Å²) in [7, 11) is 3.58. The number of aryl methyl sites for hydroxylation is 3. The van der Waals surface area contributed by atoms with Crippen molar-refractivity contribution >= 4 is 11.6 Å². The van der Waals surface area contributed by atoms with Gasteiger partial charge in [-0.1, -0.05) is 6.07 Å². The van der Waals surface area contributed by atoms with E-state index in [9.17, 15) is 4.79 Å². The number of amides is 1. The molecule has 2 saturated heterocycles. The normalized spacial score (nSPS) is 20.1. The second-order valence-corrected chi connectivity index (χ2v) is 10.0. The first kappa shape index (κ1) is 23.4. The van der Waals surface area contributed by atoms with Crippen molar-refractivity contribution in [1.29, 1.82) is 0 Å². The molecule has 0 aliphatic carbocycles. The van der Waals surface area contributed by atoms with Gasteiger partial charge in [-0.3, -0.25) is 9.48 Å². The largest absolute Gasteiger partial charge is 0.497 e. The van der Waals surface area contributed by atoms with Crippen LogP contribution in [0.1, 0.15) is 53.0 Å². The molecule has 3 atom stereocenters. The number of carbonyl (C=O) groups excluding carboxylic acids is 1. The van der Waals surface area contributed by atoms with Crippen LogP contribution in [-0.2, 0) is 7.05 Å². The summed E-state index contributed by atoms with van der Waals surface area (Å²) < 4.78 is 7.39. The van der Waals surface area contributed by atoms with Gasteiger partial charge in [-0.25, -0.2) is 0 Å². The molecule has 35 heavy (non-hydrogen) atoms. The third-order valence-electron chi connectivity index (χ3n) is 7.38. The fourth-order valence-electron chi connectivity index (χ4n) is 5.45. The van der Waals surface area contributed by atoms with Gasteiger partial charge in [-0.2, -0.15) is 5.10 Å². The van der Waals surface area contributed by atoms with E-state index in [-0.39, 0.29) is 11.9 Å². The molecule has 5 rings (SSSR count). The summed E-state index contributed by atoms with van der Waals surface area (Å²) in [5.41, 5.74) is 6.86. The van der Waals surface area contributed by atoms with Gasteiger partial charge in [0, 0.05) is 55.2 Å². The Morgan fingerprint density at radius 1 is 1.14 bits per heavy atom. The number of benzene rings is 2. The molecule has 1 aromatic heterocycles. The van der Waals surface area contributed by atoms with Crippen LogP contribution in [0.5, 0.6) is 5.75 Å². The summed E-state index contributed by atoms with van der Waals surface area (Å²) >= 11 is 0. The van der Waals surface area contributed by atoms with E-state index in [2.05, 4.69) is 44.9 Å². The number of nitrogens with one attached hydrogen (secondary N) is 2. The summed E-state index contributed by atoms with van der Waals surface area (Å²) in [5, 5.41) is 11.4. The van der Waals surface area contributed by atoms with Crippen molar-refractivity contribution < 1.29 is 9.53 Å². The number of methoxy groups -OCH3 is 1. The lowest BCUT2D eigenvalue weighted by Crippen LogP contribution is -2.51. The molecule has 0 unspecified atom stereocenters. The van der Waals surface area contributed by atoms with E-state index >= 15 is 0 Å². The van der Waals surface area contributed by atoms with Gasteiger partial charge in [0.05, 0.1) is 18.8 Å². The van der Waals surface area contributed by atoms with Crippen molar-refractivity contribution in [2.45, 2.75) is 51.7 Å². The van der Waals surface area contributed by atoms with Crippen LogP contribution in [0, 0.1) is 13.8 Å². The average molecular weight is 474 g/mol. The molecule has 3 heterocycles. The predicted octanol–water partition coefficient (Wildman–Crippen LogP) is 4.14. The molecule has 1 amide bonds. The first-order valence-electron chi connectivity index (χ1n) is 12.4. The number of rotatable bonds is 6. The smallest absolute Gasteiger partial charge is 0.252 e. The van der Waals surface area contributed by atoms with Gasteiger partial charge in [0.25, 0.3) is 5.91 Å². The van der Waals surface area contributed by atoms with Crippen molar-refractivity contribution in [2.24, 2.45) is 7.05 Å². The first-order chi connectivity index (χ1) is 16.8. The number of fused-ring (bicyclic) bond motifs is 2. The van der Waals surface area contributed by atoms with Crippen LogP contribution in [0.2, 0.25) is 0 Å². The zero-order valence-corrected chi connectivity index (χ0v) is 21.3. The number of aromatic nitrogens is 2. The van der Waals surface area contributed by atoms with E-state index in [0.717, 1.165) is 58.0 Å². The Morgan fingerprint density at radius 2 is 1.89 bits per heavy atom. The highest BCUT2D eigenvalue weighted by molar-refractivity contribution is 5.97. The van der Waals surface area contributed by atoms with E-state index in [1.807, 2.05) is 50.8 Å². The summed E-state index contributed by atoms with van der Waals surface area (Å²) in [6.45, 7) is 8.01. The Bertz CT molecular complexity index is 1240. The molecule has 2 aromatic carbocycles. The lowest BCUT2D eigenvalue weighted by Gasteiger charge is -2.35. The number of ether oxygens (including phenoxy) is 1. The van der Waals surface area contributed by atoms with Crippen molar-refractivity contribution in [3.05, 3.63) is 65.0 Å². The van der Waals surface area contributed by atoms with Crippen molar-refractivity contribution in [2.75, 3.05) is 25.1 Å². The highest BCUT2D eigenvalue weighted by atomic mass is 16.5. The van der Waals surface area contributed by atoms with Crippen LogP contribution < -0.4 is 20.3 Å². The molecule has 2 N–H and O–H groups in total. The Labute approximate surface area is 207 Å². The second kappa shape index (κ2) is 9.38. The fourth-order valence-corrected chi connectivity index (χ4v) is 5.45. The third-order valence-corrected chi connectivity index (χ3v) is 7.38. The van der Waals surface area contributed by atoms with Crippen LogP contribution in [0.25, 0.3) is 11.1 Å². The van der Waals surface area contributed by atoms with Gasteiger partial charge in [-0.15, -0.1) is 0 Å². The SMILES string of the molecule is COc1cc(-c2cn(C)nc2C)cc([C@@H](C)NC(=O)c2cc(N3C[C@H]4CC[C@@H](C3)N4)ccc2C)c1. The van der Waals surface area contributed by atoms with Crippen molar-refractivity contribution in [3.63, 3.8) is 0 Å². The Hall–Kier alpha value is -3.32. The number of carbonyl (C=O) groups is 1. The fraction of sp³-hybridized carbons (Fsp3) is 0.429. The van der Waals surface area contributed by atoms with Crippen LogP contribution in [-0.4, -0.2) is 48.0 Å². The molecule has 0 spiro atoms. The van der Waals surface area contributed by atoms with Crippen molar-refractivity contribution in [1.82, 2.24) is 20.4 Å². The first-order valence-corrected chi connectivity index (χ1v) is 12.4. The van der Waals surface area contributed by atoms with Gasteiger partial charge in [-0.05, 0) is 80.6 Å². The zero-order chi connectivity index (χ0) is 24.7. The Morgan fingerprint density at radius 3 is 2.54 bits per heavy atom. The van der Waals surface area contributed by atoms with E-state index in [0.29, 0.717) is 12.1 Å². The van der Waals surface area contributed by atoms with E-state index in [1.54, 1.807) is 7.11 Å². The Balaban J connectivity index is 1.37. The predicted molar refractivity (Wildman–Crippen MR) is 139 cm³/mol. The number of nitrogens with zero attached hydrogens (tertiary/aromatic N) is 3. The minimum absolute atomic E-state index is 0.0584. The van der Waals surface area contributed by atoms with Crippen LogP contribution in [0.15, 0.2) is 42.6 Å². The molecule has 2 aliphatic heterocycles. The van der Waals surface area contributed by atoms with E-state index < -0.39 is 0 Å². The highest BCUT2D eigenvalue weighted by Gasteiger charge is 2.32. The lowest BCUT2D eigenvalue weighted by molar-refractivity contribution is 0.0939. The molecule has 0 saturated carbocycles. The maximum absolute atomic E-state index is 13.4. The summed E-state index contributed by atoms with van der Waals surface area (Å²) in [6, 6.07) is 13.3. The van der Waals surface area contributed by atoms with Crippen LogP contribution >= 0.6 is 0 Å². The Kier molecular flexibility index (Phi) is 6.28. The highest BCUT2D eigenvalue weighted by Crippen LogP contribution is 2.31. The quantitative estimate of drug-likeness (QED) is 0.563. The maximum Gasteiger partial charge on any atom is 0.252 e. The standard InChI is InChI=1S/C28H35N5O2/c1-17-6-9-24(33-14-22-7-8-23(15-33)30-22)13-26(17)28(34)29-18(2)20-10-21(12-25(11-20)35-5)27-16-32(4)31-19(27)3/h6,9-13,16,18,22-23,30H,7-8,14-15H2,1-5H3,(H,29,34)/t18-,22-,23+/m1/s1. The topological polar surface area (TPSA) is 71.4 Å². The summed E-state index contributed by atoms with van der Waals surface area (Å²) in [5.74, 6) is 0.699. The molecule has 2 aliphatic rings. The molecule has 0 radical (unpaired) electrons. The lowest BCUT2D eigenvalue weighted by atomic mass is 9.99. The molecule has 7 heteroatoms. The maximum atomic E-state index is 13.4. The second-order valence-electron chi connectivity index (χ2n) is 10.0. The number of hydrogen-bond acceptors (Lipinski definition) is 5. The van der Waals surface area contributed by atoms with Gasteiger partial charge in [0.15, 0.2) is 0 Å². The summed E-state index contributed by atoms with van der Waals surface area (Å²) in [4.78, 5) is 15.8. The molecule has 3 aromatic rings.